The maximum atomic E-state index is 12.2. The molecule has 0 saturated heterocycles. The first-order valence-electron chi connectivity index (χ1n) is 5.02. The van der Waals surface area contributed by atoms with E-state index in [0.29, 0.717) is 18.9 Å². The molecule has 0 amide bonds. The average molecular weight is 244 g/mol. The molecule has 17 heavy (non-hydrogen) atoms. The highest BCUT2D eigenvalue weighted by Crippen LogP contribution is 2.27. The van der Waals surface area contributed by atoms with Crippen molar-refractivity contribution in [3.8, 4) is 6.07 Å². The van der Waals surface area contributed by atoms with Crippen LogP contribution in [0.5, 0.6) is 0 Å². The van der Waals surface area contributed by atoms with Gasteiger partial charge in [-0.1, -0.05) is 0 Å². The third-order valence-electron chi connectivity index (χ3n) is 2.14. The minimum absolute atomic E-state index is 0.288. The first-order valence-corrected chi connectivity index (χ1v) is 5.02. The standard InChI is InChI=1S/C10H11F3N4/c1-2-17(7-3-6-14)9-5-4-8(15-16-9)10(11,12)13/h4-5H,2-3,7H2,1H3. The van der Waals surface area contributed by atoms with E-state index in [1.54, 1.807) is 4.90 Å². The summed E-state index contributed by atoms with van der Waals surface area (Å²) in [5, 5.41) is 15.1. The molecule has 0 bridgehead atoms. The quantitative estimate of drug-likeness (QED) is 0.815. The molecule has 1 aromatic rings. The monoisotopic (exact) mass is 244 g/mol. The molecule has 0 aliphatic carbocycles. The summed E-state index contributed by atoms with van der Waals surface area (Å²) in [6.45, 7) is 2.81. The summed E-state index contributed by atoms with van der Waals surface area (Å²) in [5.74, 6) is 0.343. The Kier molecular flexibility index (Phi) is 4.26. The zero-order chi connectivity index (χ0) is 12.9. The van der Waals surface area contributed by atoms with Crippen molar-refractivity contribution in [1.29, 1.82) is 5.26 Å². The predicted molar refractivity (Wildman–Crippen MR) is 55.2 cm³/mol. The molecule has 0 aliphatic rings. The van der Waals surface area contributed by atoms with Crippen LogP contribution >= 0.6 is 0 Å². The smallest absolute Gasteiger partial charge is 0.354 e. The topological polar surface area (TPSA) is 52.8 Å². The number of alkyl halides is 3. The van der Waals surface area contributed by atoms with Gasteiger partial charge in [0.1, 0.15) is 0 Å². The number of nitriles is 1. The molecule has 92 valence electrons. The van der Waals surface area contributed by atoms with Gasteiger partial charge in [0, 0.05) is 13.1 Å². The fourth-order valence-electron chi connectivity index (χ4n) is 1.26. The van der Waals surface area contributed by atoms with Crippen molar-refractivity contribution in [3.63, 3.8) is 0 Å². The van der Waals surface area contributed by atoms with Gasteiger partial charge in [-0.15, -0.1) is 10.2 Å². The van der Waals surface area contributed by atoms with Crippen LogP contribution in [-0.2, 0) is 6.18 Å². The lowest BCUT2D eigenvalue weighted by Gasteiger charge is -2.19. The molecule has 0 N–H and O–H groups in total. The van der Waals surface area contributed by atoms with Gasteiger partial charge in [-0.25, -0.2) is 0 Å². The highest BCUT2D eigenvalue weighted by molar-refractivity contribution is 5.37. The second-order valence-corrected chi connectivity index (χ2v) is 3.26. The van der Waals surface area contributed by atoms with Gasteiger partial charge in [0.2, 0.25) is 0 Å². The number of aromatic nitrogens is 2. The second kappa shape index (κ2) is 5.48. The van der Waals surface area contributed by atoms with Crippen LogP contribution in [-0.4, -0.2) is 23.3 Å². The van der Waals surface area contributed by atoms with E-state index in [9.17, 15) is 13.2 Å². The van der Waals surface area contributed by atoms with E-state index < -0.39 is 11.9 Å². The molecular weight excluding hydrogens is 233 g/mol. The highest BCUT2D eigenvalue weighted by Gasteiger charge is 2.33. The first-order chi connectivity index (χ1) is 7.99. The lowest BCUT2D eigenvalue weighted by atomic mass is 10.3. The Morgan fingerprint density at radius 1 is 1.35 bits per heavy atom. The van der Waals surface area contributed by atoms with Crippen LogP contribution in [0.25, 0.3) is 0 Å². The lowest BCUT2D eigenvalue weighted by molar-refractivity contribution is -0.141. The van der Waals surface area contributed by atoms with E-state index in [1.165, 1.54) is 6.07 Å². The Morgan fingerprint density at radius 2 is 2.06 bits per heavy atom. The Hall–Kier alpha value is -1.84. The zero-order valence-electron chi connectivity index (χ0n) is 9.20. The van der Waals surface area contributed by atoms with Gasteiger partial charge < -0.3 is 4.90 Å². The van der Waals surface area contributed by atoms with Crippen molar-refractivity contribution in [1.82, 2.24) is 10.2 Å². The van der Waals surface area contributed by atoms with Crippen molar-refractivity contribution in [3.05, 3.63) is 17.8 Å². The third-order valence-corrected chi connectivity index (χ3v) is 2.14. The molecule has 0 aromatic carbocycles. The summed E-state index contributed by atoms with van der Waals surface area (Å²) < 4.78 is 36.7. The Morgan fingerprint density at radius 3 is 2.47 bits per heavy atom. The van der Waals surface area contributed by atoms with Gasteiger partial charge in [0.25, 0.3) is 0 Å². The Bertz CT molecular complexity index is 393. The maximum absolute atomic E-state index is 12.2. The molecule has 1 aromatic heterocycles. The number of rotatable bonds is 4. The lowest BCUT2D eigenvalue weighted by Crippen LogP contribution is -2.25. The molecule has 4 nitrogen and oxygen atoms in total. The summed E-state index contributed by atoms with van der Waals surface area (Å²) in [6, 6.07) is 4.11. The Balaban J connectivity index is 2.82. The molecule has 0 spiro atoms. The van der Waals surface area contributed by atoms with Crippen LogP contribution in [0.4, 0.5) is 19.0 Å². The number of hydrogen-bond acceptors (Lipinski definition) is 4. The number of hydrogen-bond donors (Lipinski definition) is 0. The van der Waals surface area contributed by atoms with E-state index in [4.69, 9.17) is 5.26 Å². The van der Waals surface area contributed by atoms with Gasteiger partial charge in [0.05, 0.1) is 12.5 Å². The van der Waals surface area contributed by atoms with E-state index in [-0.39, 0.29) is 6.42 Å². The molecule has 0 saturated carbocycles. The van der Waals surface area contributed by atoms with Gasteiger partial charge in [0.15, 0.2) is 11.5 Å². The summed E-state index contributed by atoms with van der Waals surface area (Å²) in [4.78, 5) is 1.69. The van der Waals surface area contributed by atoms with Crippen LogP contribution in [0.1, 0.15) is 19.0 Å². The van der Waals surface area contributed by atoms with Crippen molar-refractivity contribution < 1.29 is 13.2 Å². The van der Waals surface area contributed by atoms with Crippen LogP contribution in [0.2, 0.25) is 0 Å². The normalized spacial score (nSPS) is 11.0. The predicted octanol–water partition coefficient (Wildman–Crippen LogP) is 2.24. The summed E-state index contributed by atoms with van der Waals surface area (Å²) in [7, 11) is 0. The molecule has 1 rings (SSSR count). The molecule has 0 atom stereocenters. The highest BCUT2D eigenvalue weighted by atomic mass is 19.4. The fourth-order valence-corrected chi connectivity index (χ4v) is 1.26. The van der Waals surface area contributed by atoms with Crippen LogP contribution in [0, 0.1) is 11.3 Å². The first kappa shape index (κ1) is 13.2. The Labute approximate surface area is 96.7 Å². The molecule has 1 heterocycles. The minimum atomic E-state index is -4.48. The van der Waals surface area contributed by atoms with E-state index in [2.05, 4.69) is 10.2 Å². The number of halogens is 3. The van der Waals surface area contributed by atoms with Gasteiger partial charge in [-0.3, -0.25) is 0 Å². The van der Waals surface area contributed by atoms with Gasteiger partial charge in [-0.2, -0.15) is 18.4 Å². The summed E-state index contributed by atoms with van der Waals surface area (Å²) >= 11 is 0. The van der Waals surface area contributed by atoms with Crippen molar-refractivity contribution in [2.45, 2.75) is 19.5 Å². The molecule has 0 unspecified atom stereocenters. The van der Waals surface area contributed by atoms with E-state index in [0.717, 1.165) is 6.07 Å². The average Bonchev–Trinajstić information content (AvgIpc) is 2.29. The maximum Gasteiger partial charge on any atom is 0.435 e. The minimum Gasteiger partial charge on any atom is -0.354 e. The van der Waals surface area contributed by atoms with Crippen molar-refractivity contribution in [2.24, 2.45) is 0 Å². The molecule has 0 aliphatic heterocycles. The van der Waals surface area contributed by atoms with Crippen LogP contribution in [0.3, 0.4) is 0 Å². The number of anilines is 1. The molecule has 0 fully saturated rings. The summed E-state index contributed by atoms with van der Waals surface area (Å²) in [5.41, 5.74) is -1.02. The van der Waals surface area contributed by atoms with Crippen molar-refractivity contribution in [2.75, 3.05) is 18.0 Å². The second-order valence-electron chi connectivity index (χ2n) is 3.26. The van der Waals surface area contributed by atoms with E-state index in [1.807, 2.05) is 13.0 Å². The zero-order valence-corrected chi connectivity index (χ0v) is 9.20. The van der Waals surface area contributed by atoms with Crippen LogP contribution in [0.15, 0.2) is 12.1 Å². The van der Waals surface area contributed by atoms with E-state index >= 15 is 0 Å². The largest absolute Gasteiger partial charge is 0.435 e. The SMILES string of the molecule is CCN(CCC#N)c1ccc(C(F)(F)F)nn1. The third kappa shape index (κ3) is 3.59. The van der Waals surface area contributed by atoms with Gasteiger partial charge in [-0.05, 0) is 19.1 Å². The molecular formula is C10H11F3N4. The number of nitrogens with zero attached hydrogens (tertiary/aromatic N) is 4. The molecule has 7 heteroatoms. The molecule has 0 radical (unpaired) electrons. The van der Waals surface area contributed by atoms with Gasteiger partial charge >= 0.3 is 6.18 Å². The fraction of sp³-hybridized carbons (Fsp3) is 0.500. The van der Waals surface area contributed by atoms with Crippen molar-refractivity contribution >= 4 is 5.82 Å². The van der Waals surface area contributed by atoms with Crippen LogP contribution < -0.4 is 4.90 Å². The summed E-state index contributed by atoms with van der Waals surface area (Å²) in [6.07, 6.45) is -4.19.